The molecule has 0 spiro atoms. The van der Waals surface area contributed by atoms with Gasteiger partial charge in [-0.2, -0.15) is 0 Å². The number of hydrogen-bond acceptors (Lipinski definition) is 4. The van der Waals surface area contributed by atoms with Crippen molar-refractivity contribution >= 4 is 22.6 Å². The first-order valence-electron chi connectivity index (χ1n) is 7.17. The van der Waals surface area contributed by atoms with E-state index in [4.69, 9.17) is 5.11 Å². The third-order valence-corrected chi connectivity index (χ3v) is 3.83. The number of fused-ring (bicyclic) bond motifs is 2. The maximum atomic E-state index is 11.2. The lowest BCUT2D eigenvalue weighted by Gasteiger charge is -2.16. The van der Waals surface area contributed by atoms with Gasteiger partial charge in [0.1, 0.15) is 0 Å². The summed E-state index contributed by atoms with van der Waals surface area (Å²) in [5.41, 5.74) is 4.22. The Labute approximate surface area is 122 Å². The molecule has 0 saturated heterocycles. The fourth-order valence-corrected chi connectivity index (χ4v) is 2.85. The fourth-order valence-electron chi connectivity index (χ4n) is 2.85. The predicted molar refractivity (Wildman–Crippen MR) is 80.9 cm³/mol. The highest BCUT2D eigenvalue weighted by Crippen LogP contribution is 2.34. The van der Waals surface area contributed by atoms with Crippen LogP contribution in [0.4, 0.5) is 5.69 Å². The highest BCUT2D eigenvalue weighted by atomic mass is 16.4. The van der Waals surface area contributed by atoms with E-state index in [9.17, 15) is 9.90 Å². The van der Waals surface area contributed by atoms with Gasteiger partial charge in [0.15, 0.2) is 0 Å². The Hall–Kier alpha value is -2.14. The molecule has 21 heavy (non-hydrogen) atoms. The first-order chi connectivity index (χ1) is 10.1. The summed E-state index contributed by atoms with van der Waals surface area (Å²) in [5.74, 6) is -0.945. The largest absolute Gasteiger partial charge is 0.478 e. The van der Waals surface area contributed by atoms with Gasteiger partial charge >= 0.3 is 5.97 Å². The van der Waals surface area contributed by atoms with E-state index in [-0.39, 0.29) is 5.56 Å². The average Bonchev–Trinajstić information content (AvgIpc) is 2.90. The Morgan fingerprint density at radius 1 is 1.43 bits per heavy atom. The SMILES string of the molecule is CC(O)CNc1c2c(nc3ccc(C(=O)O)cc13)CCC2. The fraction of sp³-hybridized carbons (Fsp3) is 0.375. The van der Waals surface area contributed by atoms with Gasteiger partial charge in [-0.25, -0.2) is 4.79 Å². The minimum absolute atomic E-state index is 0.252. The number of pyridine rings is 1. The average molecular weight is 286 g/mol. The molecule has 1 heterocycles. The van der Waals surface area contributed by atoms with Gasteiger partial charge in [0.05, 0.1) is 17.2 Å². The first-order valence-corrected chi connectivity index (χ1v) is 7.17. The summed E-state index contributed by atoms with van der Waals surface area (Å²) in [4.78, 5) is 15.8. The molecule has 3 rings (SSSR count). The maximum absolute atomic E-state index is 11.2. The maximum Gasteiger partial charge on any atom is 0.335 e. The second kappa shape index (κ2) is 5.33. The van der Waals surface area contributed by atoms with Gasteiger partial charge in [-0.3, -0.25) is 4.98 Å². The number of carbonyl (C=O) groups is 1. The smallest absolute Gasteiger partial charge is 0.335 e. The van der Waals surface area contributed by atoms with E-state index >= 15 is 0 Å². The number of carboxylic acid groups (broad SMARTS) is 1. The molecule has 0 bridgehead atoms. The van der Waals surface area contributed by atoms with Crippen molar-refractivity contribution in [3.8, 4) is 0 Å². The standard InChI is InChI=1S/C16H18N2O3/c1-9(19)8-17-15-11-3-2-4-13(11)18-14-6-5-10(16(20)21)7-12(14)15/h5-7,9,19H,2-4,8H2,1H3,(H,17,18)(H,20,21). The van der Waals surface area contributed by atoms with Crippen LogP contribution >= 0.6 is 0 Å². The highest BCUT2D eigenvalue weighted by Gasteiger charge is 2.20. The Bertz CT molecular complexity index is 710. The molecule has 0 amide bonds. The number of aromatic nitrogens is 1. The molecule has 0 aliphatic heterocycles. The van der Waals surface area contributed by atoms with Crippen LogP contribution in [0.25, 0.3) is 10.9 Å². The summed E-state index contributed by atoms with van der Waals surface area (Å²) in [7, 11) is 0. The van der Waals surface area contributed by atoms with Gasteiger partial charge < -0.3 is 15.5 Å². The molecule has 0 radical (unpaired) electrons. The molecule has 2 aromatic rings. The van der Waals surface area contributed by atoms with Gasteiger partial charge in [0.2, 0.25) is 0 Å². The third kappa shape index (κ3) is 2.56. The van der Waals surface area contributed by atoms with Gasteiger partial charge in [-0.05, 0) is 49.9 Å². The minimum atomic E-state index is -0.945. The van der Waals surface area contributed by atoms with Crippen LogP contribution < -0.4 is 5.32 Å². The van der Waals surface area contributed by atoms with Crippen molar-refractivity contribution in [2.75, 3.05) is 11.9 Å². The molecule has 0 saturated carbocycles. The van der Waals surface area contributed by atoms with Crippen molar-refractivity contribution in [1.82, 2.24) is 4.98 Å². The van der Waals surface area contributed by atoms with Crippen LogP contribution in [0, 0.1) is 0 Å². The minimum Gasteiger partial charge on any atom is -0.478 e. The highest BCUT2D eigenvalue weighted by molar-refractivity contribution is 5.99. The molecule has 1 unspecified atom stereocenters. The molecule has 1 atom stereocenters. The lowest BCUT2D eigenvalue weighted by atomic mass is 10.0. The van der Waals surface area contributed by atoms with Crippen molar-refractivity contribution < 1.29 is 15.0 Å². The van der Waals surface area contributed by atoms with E-state index in [2.05, 4.69) is 10.3 Å². The summed E-state index contributed by atoms with van der Waals surface area (Å²) < 4.78 is 0. The Morgan fingerprint density at radius 3 is 2.95 bits per heavy atom. The van der Waals surface area contributed by atoms with Gasteiger partial charge in [-0.1, -0.05) is 0 Å². The molecular formula is C16H18N2O3. The number of aromatic carboxylic acids is 1. The molecule has 1 aromatic heterocycles. The molecule has 1 aliphatic rings. The molecular weight excluding hydrogens is 268 g/mol. The summed E-state index contributed by atoms with van der Waals surface area (Å²) in [6.45, 7) is 2.15. The van der Waals surface area contributed by atoms with E-state index in [1.54, 1.807) is 25.1 Å². The third-order valence-electron chi connectivity index (χ3n) is 3.83. The van der Waals surface area contributed by atoms with E-state index in [1.165, 1.54) is 0 Å². The first kappa shape index (κ1) is 13.8. The van der Waals surface area contributed by atoms with E-state index < -0.39 is 12.1 Å². The number of carboxylic acids is 1. The van der Waals surface area contributed by atoms with Crippen LogP contribution in [-0.2, 0) is 12.8 Å². The predicted octanol–water partition coefficient (Wildman–Crippen LogP) is 2.21. The monoisotopic (exact) mass is 286 g/mol. The molecule has 1 aromatic carbocycles. The van der Waals surface area contributed by atoms with E-state index in [0.29, 0.717) is 6.54 Å². The van der Waals surface area contributed by atoms with Gasteiger partial charge in [0, 0.05) is 23.3 Å². The van der Waals surface area contributed by atoms with Crippen molar-refractivity contribution in [1.29, 1.82) is 0 Å². The Balaban J connectivity index is 2.18. The zero-order valence-corrected chi connectivity index (χ0v) is 11.9. The van der Waals surface area contributed by atoms with E-state index in [1.807, 2.05) is 0 Å². The summed E-state index contributed by atoms with van der Waals surface area (Å²) >= 11 is 0. The number of aliphatic hydroxyl groups is 1. The molecule has 3 N–H and O–H groups in total. The normalized spacial score (nSPS) is 15.0. The molecule has 5 nitrogen and oxygen atoms in total. The van der Waals surface area contributed by atoms with Gasteiger partial charge in [0.25, 0.3) is 0 Å². The Kier molecular flexibility index (Phi) is 3.51. The second-order valence-electron chi connectivity index (χ2n) is 5.53. The van der Waals surface area contributed by atoms with Crippen LogP contribution in [-0.4, -0.2) is 33.8 Å². The lowest BCUT2D eigenvalue weighted by molar-refractivity contribution is 0.0697. The second-order valence-corrected chi connectivity index (χ2v) is 5.53. The molecule has 1 aliphatic carbocycles. The van der Waals surface area contributed by atoms with Crippen LogP contribution in [0.3, 0.4) is 0 Å². The molecule has 110 valence electrons. The Morgan fingerprint density at radius 2 is 2.24 bits per heavy atom. The van der Waals surface area contributed by atoms with Crippen molar-refractivity contribution in [3.05, 3.63) is 35.0 Å². The van der Waals surface area contributed by atoms with Crippen LogP contribution in [0.2, 0.25) is 0 Å². The van der Waals surface area contributed by atoms with E-state index in [0.717, 1.165) is 47.1 Å². The number of nitrogens with zero attached hydrogens (tertiary/aromatic N) is 1. The van der Waals surface area contributed by atoms with Crippen molar-refractivity contribution in [3.63, 3.8) is 0 Å². The number of hydrogen-bond donors (Lipinski definition) is 3. The lowest BCUT2D eigenvalue weighted by Crippen LogP contribution is -2.17. The van der Waals surface area contributed by atoms with Gasteiger partial charge in [-0.15, -0.1) is 0 Å². The van der Waals surface area contributed by atoms with Crippen LogP contribution in [0.15, 0.2) is 18.2 Å². The summed E-state index contributed by atoms with van der Waals surface area (Å²) in [6, 6.07) is 5.00. The van der Waals surface area contributed by atoms with Crippen LogP contribution in [0.1, 0.15) is 35.0 Å². The zero-order valence-electron chi connectivity index (χ0n) is 11.9. The number of benzene rings is 1. The van der Waals surface area contributed by atoms with Crippen molar-refractivity contribution in [2.24, 2.45) is 0 Å². The number of aryl methyl sites for hydroxylation is 1. The summed E-state index contributed by atoms with van der Waals surface area (Å²) in [5, 5.41) is 22.8. The topological polar surface area (TPSA) is 82.5 Å². The number of aliphatic hydroxyl groups excluding tert-OH is 1. The molecule has 5 heteroatoms. The quantitative estimate of drug-likeness (QED) is 0.802. The number of anilines is 1. The van der Waals surface area contributed by atoms with Crippen LogP contribution in [0.5, 0.6) is 0 Å². The molecule has 0 fully saturated rings. The number of rotatable bonds is 4. The summed E-state index contributed by atoms with van der Waals surface area (Å²) in [6.07, 6.45) is 2.49. The number of nitrogens with one attached hydrogen (secondary N) is 1. The van der Waals surface area contributed by atoms with Crippen molar-refractivity contribution in [2.45, 2.75) is 32.3 Å². The zero-order chi connectivity index (χ0) is 15.0.